The van der Waals surface area contributed by atoms with Gasteiger partial charge in [-0.1, -0.05) is 12.1 Å². The maximum absolute atomic E-state index is 10.5. The molecule has 3 nitrogen and oxygen atoms in total. The molecule has 13 heavy (non-hydrogen) atoms. The van der Waals surface area contributed by atoms with Gasteiger partial charge in [0, 0.05) is 6.07 Å². The third-order valence-electron chi connectivity index (χ3n) is 1.79. The van der Waals surface area contributed by atoms with E-state index in [4.69, 9.17) is 5.11 Å². The van der Waals surface area contributed by atoms with Crippen molar-refractivity contribution in [2.45, 2.75) is 6.54 Å². The van der Waals surface area contributed by atoms with E-state index in [1.165, 1.54) is 11.5 Å². The molecular formula is C9H8NO2S+. The summed E-state index contributed by atoms with van der Waals surface area (Å²) in [6.45, 7) is 0.0399. The number of carboxylic acid groups (broad SMARTS) is 1. The average molecular weight is 194 g/mol. The van der Waals surface area contributed by atoms with Crippen LogP contribution in [-0.4, -0.2) is 11.1 Å². The van der Waals surface area contributed by atoms with Crippen molar-refractivity contribution in [2.75, 3.05) is 0 Å². The SMILES string of the molecule is O=C(O)C[n+]1scc2ccccc21. The van der Waals surface area contributed by atoms with Gasteiger partial charge in [0.15, 0.2) is 0 Å². The van der Waals surface area contributed by atoms with Crippen LogP contribution >= 0.6 is 11.5 Å². The molecule has 0 atom stereocenters. The normalized spacial score (nSPS) is 10.5. The van der Waals surface area contributed by atoms with Crippen molar-refractivity contribution in [3.63, 3.8) is 0 Å². The highest BCUT2D eigenvalue weighted by molar-refractivity contribution is 7.00. The number of fused-ring (bicyclic) bond motifs is 1. The van der Waals surface area contributed by atoms with Crippen LogP contribution in [0.15, 0.2) is 29.6 Å². The maximum Gasteiger partial charge on any atom is 0.371 e. The van der Waals surface area contributed by atoms with Gasteiger partial charge in [0.05, 0.1) is 10.8 Å². The second kappa shape index (κ2) is 3.14. The number of hydrogen-bond donors (Lipinski definition) is 1. The minimum Gasteiger partial charge on any atom is -0.477 e. The molecule has 4 heteroatoms. The second-order valence-electron chi connectivity index (χ2n) is 2.71. The Morgan fingerprint density at radius 1 is 1.46 bits per heavy atom. The van der Waals surface area contributed by atoms with Gasteiger partial charge in [-0.15, -0.1) is 3.96 Å². The van der Waals surface area contributed by atoms with Crippen LogP contribution in [0, 0.1) is 0 Å². The molecule has 0 amide bonds. The Hall–Kier alpha value is -1.42. The number of carbonyl (C=O) groups is 1. The van der Waals surface area contributed by atoms with Crippen LogP contribution in [0.1, 0.15) is 0 Å². The molecule has 0 spiro atoms. The van der Waals surface area contributed by atoms with Crippen molar-refractivity contribution in [2.24, 2.45) is 0 Å². The third-order valence-corrected chi connectivity index (χ3v) is 2.73. The fraction of sp³-hybridized carbons (Fsp3) is 0.111. The summed E-state index contributed by atoms with van der Waals surface area (Å²) in [7, 11) is 0. The number of nitrogens with zero attached hydrogens (tertiary/aromatic N) is 1. The molecule has 2 aromatic rings. The Morgan fingerprint density at radius 2 is 2.23 bits per heavy atom. The zero-order chi connectivity index (χ0) is 9.26. The zero-order valence-corrected chi connectivity index (χ0v) is 7.62. The number of aromatic nitrogens is 1. The first kappa shape index (κ1) is 8.19. The topological polar surface area (TPSA) is 41.2 Å². The van der Waals surface area contributed by atoms with E-state index >= 15 is 0 Å². The molecule has 2 rings (SSSR count). The monoisotopic (exact) mass is 194 g/mol. The smallest absolute Gasteiger partial charge is 0.371 e. The van der Waals surface area contributed by atoms with Gasteiger partial charge in [0.1, 0.15) is 11.5 Å². The Labute approximate surface area is 79.0 Å². The lowest BCUT2D eigenvalue weighted by Gasteiger charge is -1.86. The van der Waals surface area contributed by atoms with Crippen LogP contribution in [-0.2, 0) is 11.3 Å². The fourth-order valence-electron chi connectivity index (χ4n) is 1.24. The molecule has 0 bridgehead atoms. The number of hydrogen-bond acceptors (Lipinski definition) is 2. The molecular weight excluding hydrogens is 186 g/mol. The molecule has 0 fully saturated rings. The van der Waals surface area contributed by atoms with E-state index in [0.717, 1.165) is 10.9 Å². The van der Waals surface area contributed by atoms with Crippen molar-refractivity contribution in [3.8, 4) is 0 Å². The molecule has 1 aromatic carbocycles. The largest absolute Gasteiger partial charge is 0.477 e. The van der Waals surface area contributed by atoms with Crippen LogP contribution in [0.25, 0.3) is 10.9 Å². The minimum atomic E-state index is -0.808. The van der Waals surface area contributed by atoms with Gasteiger partial charge in [0.25, 0.3) is 6.54 Å². The Kier molecular flexibility index (Phi) is 1.98. The first-order valence-electron chi connectivity index (χ1n) is 3.86. The van der Waals surface area contributed by atoms with Crippen LogP contribution in [0.3, 0.4) is 0 Å². The lowest BCUT2D eigenvalue weighted by atomic mass is 10.3. The van der Waals surface area contributed by atoms with Gasteiger partial charge in [-0.3, -0.25) is 0 Å². The van der Waals surface area contributed by atoms with Gasteiger partial charge in [0.2, 0.25) is 5.52 Å². The summed E-state index contributed by atoms with van der Waals surface area (Å²) in [5.74, 6) is -0.808. The summed E-state index contributed by atoms with van der Waals surface area (Å²) in [6, 6.07) is 7.76. The molecule has 0 aliphatic carbocycles. The lowest BCUT2D eigenvalue weighted by molar-refractivity contribution is -0.590. The number of carboxylic acids is 1. The zero-order valence-electron chi connectivity index (χ0n) is 6.80. The molecule has 0 radical (unpaired) electrons. The Balaban J connectivity index is 2.51. The van der Waals surface area contributed by atoms with Crippen molar-refractivity contribution in [3.05, 3.63) is 29.6 Å². The molecule has 0 unspecified atom stereocenters. The van der Waals surface area contributed by atoms with Crippen molar-refractivity contribution >= 4 is 28.4 Å². The number of para-hydroxylation sites is 1. The molecule has 0 saturated carbocycles. The average Bonchev–Trinajstić information content (AvgIpc) is 2.48. The summed E-state index contributed by atoms with van der Waals surface area (Å²) in [5, 5.41) is 11.7. The molecule has 66 valence electrons. The van der Waals surface area contributed by atoms with E-state index in [0.29, 0.717) is 0 Å². The quantitative estimate of drug-likeness (QED) is 0.731. The highest BCUT2D eigenvalue weighted by atomic mass is 32.1. The summed E-state index contributed by atoms with van der Waals surface area (Å²) in [5.41, 5.74) is 0.981. The molecule has 0 aliphatic heterocycles. The van der Waals surface area contributed by atoms with Crippen molar-refractivity contribution in [1.29, 1.82) is 0 Å². The van der Waals surface area contributed by atoms with Crippen molar-refractivity contribution in [1.82, 2.24) is 0 Å². The van der Waals surface area contributed by atoms with E-state index in [2.05, 4.69) is 0 Å². The fourth-order valence-corrected chi connectivity index (χ4v) is 2.14. The molecule has 0 aliphatic rings. The molecule has 1 heterocycles. The van der Waals surface area contributed by atoms with Crippen LogP contribution < -0.4 is 3.96 Å². The van der Waals surface area contributed by atoms with Crippen molar-refractivity contribution < 1.29 is 13.9 Å². The maximum atomic E-state index is 10.5. The van der Waals surface area contributed by atoms with Crippen LogP contribution in [0.5, 0.6) is 0 Å². The molecule has 1 N–H and O–H groups in total. The van der Waals surface area contributed by atoms with Crippen LogP contribution in [0.2, 0.25) is 0 Å². The third kappa shape index (κ3) is 1.53. The molecule has 1 aromatic heterocycles. The first-order chi connectivity index (χ1) is 6.27. The minimum absolute atomic E-state index is 0.0399. The predicted molar refractivity (Wildman–Crippen MR) is 49.7 cm³/mol. The van der Waals surface area contributed by atoms with E-state index in [1.54, 1.807) is 3.96 Å². The highest BCUT2D eigenvalue weighted by Gasteiger charge is 2.14. The van der Waals surface area contributed by atoms with E-state index in [1.807, 2.05) is 29.6 Å². The van der Waals surface area contributed by atoms with Crippen LogP contribution in [0.4, 0.5) is 0 Å². The van der Waals surface area contributed by atoms with Gasteiger partial charge < -0.3 is 5.11 Å². The summed E-state index contributed by atoms with van der Waals surface area (Å²) < 4.78 is 1.76. The standard InChI is InChI=1S/C9H7NO2S/c11-9(12)5-10-8-4-2-1-3-7(8)6-13-10/h1-4,6H,5H2/p+1. The Bertz CT molecular complexity index is 450. The number of rotatable bonds is 2. The van der Waals surface area contributed by atoms with Gasteiger partial charge in [-0.05, 0) is 6.07 Å². The number of benzene rings is 1. The van der Waals surface area contributed by atoms with E-state index in [-0.39, 0.29) is 6.54 Å². The highest BCUT2D eigenvalue weighted by Crippen LogP contribution is 2.11. The Morgan fingerprint density at radius 3 is 3.00 bits per heavy atom. The molecule has 0 saturated heterocycles. The second-order valence-corrected chi connectivity index (χ2v) is 3.60. The predicted octanol–water partition coefficient (Wildman–Crippen LogP) is 1.27. The summed E-state index contributed by atoms with van der Waals surface area (Å²) >= 11 is 1.43. The van der Waals surface area contributed by atoms with E-state index in [9.17, 15) is 4.79 Å². The summed E-state index contributed by atoms with van der Waals surface area (Å²) in [6.07, 6.45) is 0. The van der Waals surface area contributed by atoms with Gasteiger partial charge in [-0.25, -0.2) is 4.79 Å². The summed E-state index contributed by atoms with van der Waals surface area (Å²) in [4.78, 5) is 10.5. The lowest BCUT2D eigenvalue weighted by Crippen LogP contribution is -2.33. The number of aliphatic carboxylic acids is 1. The first-order valence-corrected chi connectivity index (χ1v) is 4.69. The van der Waals surface area contributed by atoms with E-state index < -0.39 is 5.97 Å². The van der Waals surface area contributed by atoms with Gasteiger partial charge in [-0.2, -0.15) is 0 Å². The van der Waals surface area contributed by atoms with Gasteiger partial charge >= 0.3 is 5.97 Å².